The van der Waals surface area contributed by atoms with E-state index in [1.54, 1.807) is 16.7 Å². The third kappa shape index (κ3) is 6.32. The van der Waals surface area contributed by atoms with Crippen molar-refractivity contribution >= 4 is 29.7 Å². The maximum absolute atomic E-state index is 13.1. The summed E-state index contributed by atoms with van der Waals surface area (Å²) in [6.07, 6.45) is 2.16. The van der Waals surface area contributed by atoms with E-state index in [2.05, 4.69) is 29.6 Å². The Balaban J connectivity index is 1.64. The molecule has 0 heterocycles. The summed E-state index contributed by atoms with van der Waals surface area (Å²) < 4.78 is 5.62. The van der Waals surface area contributed by atoms with Crippen molar-refractivity contribution in [3.63, 3.8) is 0 Å². The summed E-state index contributed by atoms with van der Waals surface area (Å²) in [5, 5.41) is 11.6. The van der Waals surface area contributed by atoms with Crippen molar-refractivity contribution < 1.29 is 24.2 Å². The summed E-state index contributed by atoms with van der Waals surface area (Å²) in [5.41, 5.74) is 4.56. The highest BCUT2D eigenvalue weighted by atomic mass is 32.2. The van der Waals surface area contributed by atoms with Gasteiger partial charge in [-0.25, -0.2) is 4.79 Å². The molecule has 0 saturated heterocycles. The molecule has 0 radical (unpaired) electrons. The molecule has 182 valence electrons. The van der Waals surface area contributed by atoms with E-state index in [0.29, 0.717) is 31.7 Å². The number of likely N-dealkylation sites (N-methyl/N-ethyl adjacent to an activating group) is 1. The van der Waals surface area contributed by atoms with Gasteiger partial charge in [-0.3, -0.25) is 9.59 Å². The Labute approximate surface area is 204 Å². The molecule has 3 rings (SSSR count). The second-order valence-corrected chi connectivity index (χ2v) is 9.20. The number of aliphatic carboxylic acids is 1. The second-order valence-electron chi connectivity index (χ2n) is 8.22. The van der Waals surface area contributed by atoms with Crippen molar-refractivity contribution in [1.29, 1.82) is 0 Å². The number of ether oxygens (including phenoxy) is 1. The standard InChI is InChI=1S/C26H32N2O5S/c1-3-28(15-8-13-24(29)30)25(31)23(14-16-34-2)27-26(32)33-17-22-20-11-6-4-9-18(20)19-10-5-7-12-21(19)22/h4-7,9-12,22-23H,3,8,13-17H2,1-2H3,(H,27,32)(H,29,30)/t23-/m1/s1. The maximum Gasteiger partial charge on any atom is 0.407 e. The molecule has 1 atom stereocenters. The van der Waals surface area contributed by atoms with Gasteiger partial charge in [0.15, 0.2) is 0 Å². The monoisotopic (exact) mass is 484 g/mol. The Morgan fingerprint density at radius 2 is 1.71 bits per heavy atom. The molecule has 0 aliphatic heterocycles. The maximum atomic E-state index is 13.1. The Morgan fingerprint density at radius 3 is 2.26 bits per heavy atom. The number of fused-ring (bicyclic) bond motifs is 3. The van der Waals surface area contributed by atoms with Gasteiger partial charge in [-0.15, -0.1) is 0 Å². The molecule has 2 aromatic rings. The number of carboxylic acid groups (broad SMARTS) is 1. The molecule has 2 amide bonds. The number of nitrogens with zero attached hydrogens (tertiary/aromatic N) is 1. The molecule has 0 fully saturated rings. The Hall–Kier alpha value is -3.00. The first-order valence-corrected chi connectivity index (χ1v) is 13.0. The molecule has 2 N–H and O–H groups in total. The van der Waals surface area contributed by atoms with Crippen LogP contribution in [-0.4, -0.2) is 65.7 Å². The van der Waals surface area contributed by atoms with Crippen LogP contribution < -0.4 is 5.32 Å². The van der Waals surface area contributed by atoms with Gasteiger partial charge in [0, 0.05) is 25.4 Å². The van der Waals surface area contributed by atoms with Crippen molar-refractivity contribution in [1.82, 2.24) is 10.2 Å². The summed E-state index contributed by atoms with van der Waals surface area (Å²) in [7, 11) is 0. The number of hydrogen-bond acceptors (Lipinski definition) is 5. The quantitative estimate of drug-likeness (QED) is 0.465. The van der Waals surface area contributed by atoms with Crippen LogP contribution in [0, 0.1) is 0 Å². The van der Waals surface area contributed by atoms with E-state index in [9.17, 15) is 14.4 Å². The highest BCUT2D eigenvalue weighted by molar-refractivity contribution is 7.98. The van der Waals surface area contributed by atoms with Crippen LogP contribution in [0.2, 0.25) is 0 Å². The number of nitrogens with one attached hydrogen (secondary N) is 1. The first-order valence-electron chi connectivity index (χ1n) is 11.6. The first kappa shape index (κ1) is 25.6. The minimum atomic E-state index is -0.890. The number of carbonyl (C=O) groups is 3. The Bertz CT molecular complexity index is 967. The predicted octanol–water partition coefficient (Wildman–Crippen LogP) is 4.36. The van der Waals surface area contributed by atoms with Crippen molar-refractivity contribution in [2.45, 2.75) is 38.1 Å². The van der Waals surface area contributed by atoms with Gasteiger partial charge >= 0.3 is 12.1 Å². The molecule has 34 heavy (non-hydrogen) atoms. The molecular formula is C26H32N2O5S. The van der Waals surface area contributed by atoms with Gasteiger partial charge in [0.1, 0.15) is 12.6 Å². The van der Waals surface area contributed by atoms with E-state index >= 15 is 0 Å². The predicted molar refractivity (Wildman–Crippen MR) is 134 cm³/mol. The Kier molecular flexibility index (Phi) is 9.39. The van der Waals surface area contributed by atoms with Crippen LogP contribution in [0.15, 0.2) is 48.5 Å². The number of amides is 2. The number of benzene rings is 2. The van der Waals surface area contributed by atoms with E-state index in [4.69, 9.17) is 9.84 Å². The third-order valence-corrected chi connectivity index (χ3v) is 6.70. The minimum absolute atomic E-state index is 0.000927. The number of thioether (sulfide) groups is 1. The normalized spacial score (nSPS) is 13.0. The summed E-state index contributed by atoms with van der Waals surface area (Å²) >= 11 is 1.59. The Morgan fingerprint density at radius 1 is 1.09 bits per heavy atom. The van der Waals surface area contributed by atoms with E-state index in [0.717, 1.165) is 22.3 Å². The average Bonchev–Trinajstić information content (AvgIpc) is 3.16. The molecule has 2 aromatic carbocycles. The molecule has 8 heteroatoms. The first-order chi connectivity index (χ1) is 16.5. The topological polar surface area (TPSA) is 95.9 Å². The summed E-state index contributed by atoms with van der Waals surface area (Å²) in [6, 6.07) is 15.5. The number of alkyl carbamates (subject to hydrolysis) is 1. The van der Waals surface area contributed by atoms with Crippen LogP contribution in [-0.2, 0) is 14.3 Å². The van der Waals surface area contributed by atoms with Crippen molar-refractivity contribution in [2.75, 3.05) is 31.7 Å². The van der Waals surface area contributed by atoms with Gasteiger partial charge in [0.2, 0.25) is 5.91 Å². The van der Waals surface area contributed by atoms with Crippen molar-refractivity contribution in [3.8, 4) is 11.1 Å². The van der Waals surface area contributed by atoms with Crippen LogP contribution >= 0.6 is 11.8 Å². The molecule has 0 unspecified atom stereocenters. The molecular weight excluding hydrogens is 452 g/mol. The van der Waals surface area contributed by atoms with E-state index < -0.39 is 18.1 Å². The summed E-state index contributed by atoms with van der Waals surface area (Å²) in [4.78, 5) is 38.2. The molecule has 1 aliphatic carbocycles. The van der Waals surface area contributed by atoms with Crippen LogP contribution in [0.4, 0.5) is 4.79 Å². The molecule has 0 spiro atoms. The van der Waals surface area contributed by atoms with Gasteiger partial charge < -0.3 is 20.1 Å². The lowest BCUT2D eigenvalue weighted by molar-refractivity contribution is -0.138. The SMILES string of the molecule is CCN(CCCC(=O)O)C(=O)[C@@H](CCSC)NC(=O)OCC1c2ccccc2-c2ccccc21. The zero-order chi connectivity index (χ0) is 24.5. The molecule has 1 aliphatic rings. The fourth-order valence-electron chi connectivity index (χ4n) is 4.34. The number of rotatable bonds is 12. The van der Waals surface area contributed by atoms with E-state index in [1.165, 1.54) is 0 Å². The van der Waals surface area contributed by atoms with Crippen LogP contribution in [0.1, 0.15) is 43.2 Å². The largest absolute Gasteiger partial charge is 0.481 e. The zero-order valence-corrected chi connectivity index (χ0v) is 20.5. The van der Waals surface area contributed by atoms with Gasteiger partial charge in [0.05, 0.1) is 0 Å². The zero-order valence-electron chi connectivity index (χ0n) is 19.7. The van der Waals surface area contributed by atoms with Crippen molar-refractivity contribution in [2.24, 2.45) is 0 Å². The lowest BCUT2D eigenvalue weighted by atomic mass is 9.98. The van der Waals surface area contributed by atoms with E-state index in [1.807, 2.05) is 37.4 Å². The number of carbonyl (C=O) groups excluding carboxylic acids is 2. The van der Waals surface area contributed by atoms with Crippen LogP contribution in [0.3, 0.4) is 0 Å². The smallest absolute Gasteiger partial charge is 0.407 e. The highest BCUT2D eigenvalue weighted by Gasteiger charge is 2.30. The molecule has 0 saturated carbocycles. The van der Waals surface area contributed by atoms with Crippen LogP contribution in [0.5, 0.6) is 0 Å². The fourth-order valence-corrected chi connectivity index (χ4v) is 4.81. The lowest BCUT2D eigenvalue weighted by Crippen LogP contribution is -2.49. The fraction of sp³-hybridized carbons (Fsp3) is 0.423. The van der Waals surface area contributed by atoms with Crippen LogP contribution in [0.25, 0.3) is 11.1 Å². The molecule has 7 nitrogen and oxygen atoms in total. The summed E-state index contributed by atoms with van der Waals surface area (Å²) in [5.74, 6) is -0.455. The van der Waals surface area contributed by atoms with Gasteiger partial charge in [-0.2, -0.15) is 11.8 Å². The van der Waals surface area contributed by atoms with Gasteiger partial charge in [0.25, 0.3) is 0 Å². The lowest BCUT2D eigenvalue weighted by Gasteiger charge is -2.27. The third-order valence-electron chi connectivity index (χ3n) is 6.06. The van der Waals surface area contributed by atoms with E-state index in [-0.39, 0.29) is 24.9 Å². The average molecular weight is 485 g/mol. The van der Waals surface area contributed by atoms with Gasteiger partial charge in [-0.1, -0.05) is 48.5 Å². The van der Waals surface area contributed by atoms with Crippen molar-refractivity contribution in [3.05, 3.63) is 59.7 Å². The highest BCUT2D eigenvalue weighted by Crippen LogP contribution is 2.44. The number of hydrogen-bond donors (Lipinski definition) is 2. The second kappa shape index (κ2) is 12.5. The number of carboxylic acids is 1. The molecule has 0 aromatic heterocycles. The minimum Gasteiger partial charge on any atom is -0.481 e. The van der Waals surface area contributed by atoms with Gasteiger partial charge in [-0.05, 0) is 54.0 Å². The summed E-state index contributed by atoms with van der Waals surface area (Å²) in [6.45, 7) is 2.81. The molecule has 0 bridgehead atoms.